The first-order chi connectivity index (χ1) is 13.1. The molecule has 0 unspecified atom stereocenters. The summed E-state index contributed by atoms with van der Waals surface area (Å²) >= 11 is 0. The second-order valence-corrected chi connectivity index (χ2v) is 11.5. The number of rotatable bonds is 5. The molecule has 7 nitrogen and oxygen atoms in total. The first-order valence-corrected chi connectivity index (χ1v) is 12.0. The maximum atomic E-state index is 11.6. The molecular formula is C20H28N4O3S. The van der Waals surface area contributed by atoms with Gasteiger partial charge in [0, 0.05) is 23.2 Å². The molecule has 28 heavy (non-hydrogen) atoms. The molecule has 3 fully saturated rings. The molecule has 0 aromatic carbocycles. The van der Waals surface area contributed by atoms with Crippen LogP contribution in [0.25, 0.3) is 5.65 Å². The molecule has 0 amide bonds. The van der Waals surface area contributed by atoms with Crippen molar-refractivity contribution < 1.29 is 13.2 Å². The van der Waals surface area contributed by atoms with Gasteiger partial charge in [0.15, 0.2) is 5.65 Å². The molecule has 0 radical (unpaired) electrons. The van der Waals surface area contributed by atoms with Crippen molar-refractivity contribution >= 4 is 21.6 Å². The summed E-state index contributed by atoms with van der Waals surface area (Å²) in [5.74, 6) is 2.29. The molecule has 2 bridgehead atoms. The Hall–Kier alpha value is -1.83. The highest BCUT2D eigenvalue weighted by Crippen LogP contribution is 2.66. The van der Waals surface area contributed by atoms with Crippen molar-refractivity contribution in [3.05, 3.63) is 17.8 Å². The number of aromatic nitrogens is 3. The molecule has 3 aliphatic rings. The number of hydrogen-bond acceptors (Lipinski definition) is 5. The van der Waals surface area contributed by atoms with Crippen molar-refractivity contribution in [3.63, 3.8) is 0 Å². The van der Waals surface area contributed by atoms with Crippen LogP contribution in [-0.4, -0.2) is 35.4 Å². The Bertz CT molecular complexity index is 1060. The summed E-state index contributed by atoms with van der Waals surface area (Å²) < 4.78 is 34.1. The first-order valence-electron chi connectivity index (χ1n) is 10.1. The lowest BCUT2D eigenvalue weighted by Crippen LogP contribution is -2.39. The SMILES string of the molecule is CC1(C)[C@H]2CC[C@]1(C)[C@H](Oc1cc3nnc(NS(C)(=O)=O)n3cc1C1CC1)C2. The zero-order valence-corrected chi connectivity index (χ0v) is 17.7. The lowest BCUT2D eigenvalue weighted by atomic mass is 9.70. The van der Waals surface area contributed by atoms with Crippen molar-refractivity contribution in [1.82, 2.24) is 14.6 Å². The van der Waals surface area contributed by atoms with Gasteiger partial charge in [0.1, 0.15) is 11.9 Å². The number of pyridine rings is 1. The highest BCUT2D eigenvalue weighted by Gasteiger charge is 2.62. The van der Waals surface area contributed by atoms with E-state index in [1.165, 1.54) is 12.8 Å². The third-order valence-electron chi connectivity index (χ3n) is 7.81. The van der Waals surface area contributed by atoms with E-state index in [0.29, 0.717) is 22.9 Å². The Balaban J connectivity index is 1.53. The van der Waals surface area contributed by atoms with Crippen molar-refractivity contribution in [2.24, 2.45) is 16.7 Å². The van der Waals surface area contributed by atoms with Gasteiger partial charge in [-0.05, 0) is 49.4 Å². The van der Waals surface area contributed by atoms with Crippen LogP contribution < -0.4 is 9.46 Å². The van der Waals surface area contributed by atoms with Crippen LogP contribution in [0, 0.1) is 16.7 Å². The number of fused-ring (bicyclic) bond motifs is 3. The quantitative estimate of drug-likeness (QED) is 0.823. The van der Waals surface area contributed by atoms with Crippen LogP contribution in [0.1, 0.15) is 64.4 Å². The van der Waals surface area contributed by atoms with Crippen molar-refractivity contribution in [1.29, 1.82) is 0 Å². The van der Waals surface area contributed by atoms with E-state index in [2.05, 4.69) is 35.7 Å². The average molecular weight is 405 g/mol. The van der Waals surface area contributed by atoms with Crippen LogP contribution in [-0.2, 0) is 10.0 Å². The minimum Gasteiger partial charge on any atom is -0.489 e. The molecule has 0 aliphatic heterocycles. The van der Waals surface area contributed by atoms with E-state index in [0.717, 1.165) is 36.8 Å². The minimum absolute atomic E-state index is 0.182. The Morgan fingerprint density at radius 1 is 1.21 bits per heavy atom. The van der Waals surface area contributed by atoms with E-state index in [9.17, 15) is 8.42 Å². The van der Waals surface area contributed by atoms with E-state index >= 15 is 0 Å². The Morgan fingerprint density at radius 2 is 1.96 bits per heavy atom. The van der Waals surface area contributed by atoms with Gasteiger partial charge in [-0.25, -0.2) is 8.42 Å². The number of nitrogens with one attached hydrogen (secondary N) is 1. The third-order valence-corrected chi connectivity index (χ3v) is 8.37. The second-order valence-electron chi connectivity index (χ2n) is 9.71. The van der Waals surface area contributed by atoms with Gasteiger partial charge < -0.3 is 4.74 Å². The summed E-state index contributed by atoms with van der Waals surface area (Å²) in [5.41, 5.74) is 2.20. The maximum Gasteiger partial charge on any atom is 0.242 e. The number of hydrogen-bond donors (Lipinski definition) is 1. The number of nitrogens with zero attached hydrogens (tertiary/aromatic N) is 3. The fourth-order valence-corrected chi connectivity index (χ4v) is 5.90. The van der Waals surface area contributed by atoms with Crippen LogP contribution in [0.5, 0.6) is 5.75 Å². The summed E-state index contributed by atoms with van der Waals surface area (Å²) in [4.78, 5) is 0. The lowest BCUT2D eigenvalue weighted by Gasteiger charge is -2.39. The number of sulfonamides is 1. The molecule has 0 saturated heterocycles. The Labute approximate surface area is 165 Å². The van der Waals surface area contributed by atoms with Gasteiger partial charge in [-0.1, -0.05) is 20.8 Å². The zero-order valence-electron chi connectivity index (χ0n) is 16.9. The molecular weight excluding hydrogens is 376 g/mol. The molecule has 2 aromatic rings. The van der Waals surface area contributed by atoms with Crippen LogP contribution in [0.4, 0.5) is 5.95 Å². The smallest absolute Gasteiger partial charge is 0.242 e. The summed E-state index contributed by atoms with van der Waals surface area (Å²) in [6.45, 7) is 7.16. The minimum atomic E-state index is -3.42. The van der Waals surface area contributed by atoms with E-state index in [1.54, 1.807) is 4.40 Å². The summed E-state index contributed by atoms with van der Waals surface area (Å²) in [6, 6.07) is 1.93. The molecule has 0 spiro atoms. The standard InChI is InChI=1S/C20H28N4O3S/c1-19(2)13-7-8-20(19,3)16(9-13)27-15-10-17-21-22-18(23-28(4,25)26)24(17)11-14(15)12-5-6-12/h10-13,16H,5-9H2,1-4H3,(H,22,23)/t13-,16+,20+/m0/s1. The van der Waals surface area contributed by atoms with Crippen molar-refractivity contribution in [2.75, 3.05) is 11.0 Å². The fourth-order valence-electron chi connectivity index (χ4n) is 5.43. The molecule has 8 heteroatoms. The normalized spacial score (nSPS) is 31.4. The van der Waals surface area contributed by atoms with E-state index < -0.39 is 10.0 Å². The van der Waals surface area contributed by atoms with Crippen LogP contribution in [0.2, 0.25) is 0 Å². The largest absolute Gasteiger partial charge is 0.489 e. The van der Waals surface area contributed by atoms with Gasteiger partial charge >= 0.3 is 0 Å². The molecule has 152 valence electrons. The van der Waals surface area contributed by atoms with Gasteiger partial charge in [-0.2, -0.15) is 0 Å². The molecule has 3 saturated carbocycles. The second kappa shape index (κ2) is 5.62. The average Bonchev–Trinajstić information content (AvgIpc) is 3.30. The predicted molar refractivity (Wildman–Crippen MR) is 107 cm³/mol. The summed E-state index contributed by atoms with van der Waals surface area (Å²) in [5, 5.41) is 8.18. The molecule has 2 aromatic heterocycles. The number of anilines is 1. The fraction of sp³-hybridized carbons (Fsp3) is 0.700. The van der Waals surface area contributed by atoms with Crippen LogP contribution in [0.15, 0.2) is 12.3 Å². The van der Waals surface area contributed by atoms with Crippen LogP contribution >= 0.6 is 0 Å². The monoisotopic (exact) mass is 404 g/mol. The van der Waals surface area contributed by atoms with Gasteiger partial charge in [0.2, 0.25) is 16.0 Å². The van der Waals surface area contributed by atoms with E-state index in [1.807, 2.05) is 12.3 Å². The van der Waals surface area contributed by atoms with Gasteiger partial charge in [-0.3, -0.25) is 9.12 Å². The van der Waals surface area contributed by atoms with Gasteiger partial charge in [0.05, 0.1) is 6.26 Å². The lowest BCUT2D eigenvalue weighted by molar-refractivity contribution is 0.0296. The van der Waals surface area contributed by atoms with Crippen LogP contribution in [0.3, 0.4) is 0 Å². The Kier molecular flexibility index (Phi) is 3.65. The molecule has 5 rings (SSSR count). The van der Waals surface area contributed by atoms with Crippen molar-refractivity contribution in [2.45, 2.75) is 64.9 Å². The van der Waals surface area contributed by atoms with E-state index in [4.69, 9.17) is 4.74 Å². The Morgan fingerprint density at radius 3 is 2.54 bits per heavy atom. The first kappa shape index (κ1) is 18.2. The zero-order chi connectivity index (χ0) is 19.9. The third kappa shape index (κ3) is 2.64. The highest BCUT2D eigenvalue weighted by molar-refractivity contribution is 7.91. The predicted octanol–water partition coefficient (Wildman–Crippen LogP) is 3.57. The maximum absolute atomic E-state index is 11.6. The van der Waals surface area contributed by atoms with Gasteiger partial charge in [-0.15, -0.1) is 10.2 Å². The van der Waals surface area contributed by atoms with Gasteiger partial charge in [0.25, 0.3) is 0 Å². The summed E-state index contributed by atoms with van der Waals surface area (Å²) in [6.07, 6.45) is 9.15. The van der Waals surface area contributed by atoms with Crippen molar-refractivity contribution in [3.8, 4) is 5.75 Å². The van der Waals surface area contributed by atoms with E-state index in [-0.39, 0.29) is 17.5 Å². The molecule has 3 atom stereocenters. The molecule has 3 aliphatic carbocycles. The molecule has 2 heterocycles. The topological polar surface area (TPSA) is 85.6 Å². The number of ether oxygens (including phenoxy) is 1. The molecule has 1 N–H and O–H groups in total. The summed E-state index contributed by atoms with van der Waals surface area (Å²) in [7, 11) is -3.42. The highest BCUT2D eigenvalue weighted by atomic mass is 32.2.